The third-order valence-electron chi connectivity index (χ3n) is 1.95. The molecule has 1 amide bonds. The van der Waals surface area contributed by atoms with Crippen molar-refractivity contribution >= 4 is 17.8 Å². The fourth-order valence-electron chi connectivity index (χ4n) is 1.21. The Hall–Kier alpha value is -2.12. The van der Waals surface area contributed by atoms with Gasteiger partial charge in [-0.2, -0.15) is 0 Å². The van der Waals surface area contributed by atoms with Crippen molar-refractivity contribution in [2.24, 2.45) is 0 Å². The average molecular weight is 255 g/mol. The third kappa shape index (κ3) is 4.40. The summed E-state index contributed by atoms with van der Waals surface area (Å²) in [4.78, 5) is 26.7. The summed E-state index contributed by atoms with van der Waals surface area (Å²) in [7, 11) is 0. The number of ether oxygens (including phenoxy) is 1. The first kappa shape index (κ1) is 13.9. The number of nitrogen functional groups attached to an aromatic ring is 1. The smallest absolute Gasteiger partial charge is 0.328 e. The molecule has 0 aromatic carbocycles. The van der Waals surface area contributed by atoms with Crippen molar-refractivity contribution in [1.82, 2.24) is 20.1 Å². The van der Waals surface area contributed by atoms with Crippen LogP contribution in [0.1, 0.15) is 20.8 Å². The molecule has 18 heavy (non-hydrogen) atoms. The van der Waals surface area contributed by atoms with Crippen LogP contribution in [0.2, 0.25) is 0 Å². The van der Waals surface area contributed by atoms with Crippen LogP contribution >= 0.6 is 0 Å². The molecule has 1 atom stereocenters. The molecule has 8 nitrogen and oxygen atoms in total. The number of anilines is 1. The number of nitrogens with one attached hydrogen (secondary N) is 1. The van der Waals surface area contributed by atoms with Gasteiger partial charge in [0.1, 0.15) is 12.9 Å². The molecule has 100 valence electrons. The van der Waals surface area contributed by atoms with Gasteiger partial charge in [-0.05, 0) is 20.8 Å². The lowest BCUT2D eigenvalue weighted by molar-refractivity contribution is -0.155. The second-order valence-electron chi connectivity index (χ2n) is 4.10. The second-order valence-corrected chi connectivity index (χ2v) is 4.10. The van der Waals surface area contributed by atoms with Crippen LogP contribution in [0.25, 0.3) is 0 Å². The van der Waals surface area contributed by atoms with Gasteiger partial charge in [0.25, 0.3) is 5.91 Å². The van der Waals surface area contributed by atoms with Crippen molar-refractivity contribution in [3.05, 3.63) is 6.33 Å². The summed E-state index contributed by atoms with van der Waals surface area (Å²) in [6.45, 7) is 5.02. The van der Waals surface area contributed by atoms with Crippen molar-refractivity contribution in [1.29, 1.82) is 0 Å². The minimum Gasteiger partial charge on any atom is -0.451 e. The van der Waals surface area contributed by atoms with Crippen LogP contribution in [0.3, 0.4) is 0 Å². The molecule has 0 aliphatic carbocycles. The largest absolute Gasteiger partial charge is 0.451 e. The predicted octanol–water partition coefficient (Wildman–Crippen LogP) is -0.683. The number of amides is 1. The Bertz CT molecular complexity index is 429. The van der Waals surface area contributed by atoms with E-state index in [1.807, 2.05) is 13.8 Å². The van der Waals surface area contributed by atoms with Gasteiger partial charge in [0.15, 0.2) is 6.10 Å². The van der Waals surface area contributed by atoms with Crippen molar-refractivity contribution in [3.8, 4) is 0 Å². The standard InChI is InChI=1S/C10H17N5O3/c1-6(2)13-9(17)7(3)18-8(16)4-15-5-12-10(11)14-15/h5-7H,4H2,1-3H3,(H2,11,14)(H,13,17). The van der Waals surface area contributed by atoms with Crippen LogP contribution < -0.4 is 11.1 Å². The average Bonchev–Trinajstić information content (AvgIpc) is 2.62. The van der Waals surface area contributed by atoms with Crippen molar-refractivity contribution in [2.75, 3.05) is 5.73 Å². The zero-order valence-corrected chi connectivity index (χ0v) is 10.6. The van der Waals surface area contributed by atoms with Crippen LogP contribution in [0.5, 0.6) is 0 Å². The molecule has 1 aromatic heterocycles. The number of rotatable bonds is 5. The summed E-state index contributed by atoms with van der Waals surface area (Å²) in [6.07, 6.45) is 0.468. The predicted molar refractivity (Wildman–Crippen MR) is 63.3 cm³/mol. The van der Waals surface area contributed by atoms with Gasteiger partial charge in [0.2, 0.25) is 5.95 Å². The van der Waals surface area contributed by atoms with Crippen molar-refractivity contribution in [2.45, 2.75) is 39.5 Å². The van der Waals surface area contributed by atoms with Gasteiger partial charge in [-0.1, -0.05) is 0 Å². The highest BCUT2D eigenvalue weighted by atomic mass is 16.5. The maximum atomic E-state index is 11.5. The zero-order valence-electron chi connectivity index (χ0n) is 10.6. The maximum absolute atomic E-state index is 11.5. The summed E-state index contributed by atoms with van der Waals surface area (Å²) in [5.41, 5.74) is 5.30. The molecule has 1 heterocycles. The maximum Gasteiger partial charge on any atom is 0.328 e. The fourth-order valence-corrected chi connectivity index (χ4v) is 1.21. The number of esters is 1. The summed E-state index contributed by atoms with van der Waals surface area (Å²) in [6, 6.07) is -0.00577. The summed E-state index contributed by atoms with van der Waals surface area (Å²) in [5, 5.41) is 6.38. The van der Waals surface area contributed by atoms with Crippen LogP contribution in [0.4, 0.5) is 5.95 Å². The number of carbonyl (C=O) groups is 2. The Balaban J connectivity index is 2.42. The number of hydrogen-bond acceptors (Lipinski definition) is 6. The molecular weight excluding hydrogens is 238 g/mol. The number of aromatic nitrogens is 3. The summed E-state index contributed by atoms with van der Waals surface area (Å²) >= 11 is 0. The molecule has 0 bridgehead atoms. The highest BCUT2D eigenvalue weighted by molar-refractivity contribution is 5.83. The Labute approximate surface area is 105 Å². The van der Waals surface area contributed by atoms with Crippen LogP contribution in [0, 0.1) is 0 Å². The molecule has 3 N–H and O–H groups in total. The topological polar surface area (TPSA) is 112 Å². The molecular formula is C10H17N5O3. The zero-order chi connectivity index (χ0) is 13.7. The van der Waals surface area contributed by atoms with Crippen molar-refractivity contribution in [3.63, 3.8) is 0 Å². The van der Waals surface area contributed by atoms with Crippen LogP contribution in [-0.4, -0.2) is 38.8 Å². The van der Waals surface area contributed by atoms with E-state index in [0.29, 0.717) is 0 Å². The molecule has 1 aromatic rings. The van der Waals surface area contributed by atoms with Gasteiger partial charge in [0.05, 0.1) is 0 Å². The normalized spacial score (nSPS) is 12.2. The molecule has 0 radical (unpaired) electrons. The number of nitrogens with zero attached hydrogens (tertiary/aromatic N) is 3. The lowest BCUT2D eigenvalue weighted by Crippen LogP contribution is -2.39. The fraction of sp³-hybridized carbons (Fsp3) is 0.600. The quantitative estimate of drug-likeness (QED) is 0.674. The lowest BCUT2D eigenvalue weighted by atomic mass is 10.3. The van der Waals surface area contributed by atoms with E-state index in [-0.39, 0.29) is 24.4 Å². The number of carbonyl (C=O) groups excluding carboxylic acids is 2. The first-order valence-corrected chi connectivity index (χ1v) is 5.53. The van der Waals surface area contributed by atoms with E-state index < -0.39 is 12.1 Å². The van der Waals surface area contributed by atoms with Gasteiger partial charge in [0, 0.05) is 6.04 Å². The minimum atomic E-state index is -0.847. The van der Waals surface area contributed by atoms with E-state index in [0.717, 1.165) is 0 Å². The minimum absolute atomic E-state index is 0.00577. The summed E-state index contributed by atoms with van der Waals surface area (Å²) in [5.74, 6) is -0.837. The Morgan fingerprint density at radius 3 is 2.67 bits per heavy atom. The molecule has 8 heteroatoms. The Morgan fingerprint density at radius 2 is 2.17 bits per heavy atom. The molecule has 1 unspecified atom stereocenters. The molecule has 0 spiro atoms. The first-order chi connectivity index (χ1) is 8.38. The van der Waals surface area contributed by atoms with Gasteiger partial charge >= 0.3 is 5.97 Å². The molecule has 0 aliphatic rings. The van der Waals surface area contributed by atoms with Crippen LogP contribution in [-0.2, 0) is 20.9 Å². The SMILES string of the molecule is CC(C)NC(=O)C(C)OC(=O)Cn1cnc(N)n1. The van der Waals surface area contributed by atoms with Gasteiger partial charge < -0.3 is 15.8 Å². The molecule has 0 saturated heterocycles. The van der Waals surface area contributed by atoms with E-state index in [1.165, 1.54) is 17.9 Å². The van der Waals surface area contributed by atoms with Crippen molar-refractivity contribution < 1.29 is 14.3 Å². The Kier molecular flexibility index (Phi) is 4.64. The highest BCUT2D eigenvalue weighted by Gasteiger charge is 2.18. The molecule has 0 saturated carbocycles. The molecule has 0 aliphatic heterocycles. The molecule has 0 fully saturated rings. The Morgan fingerprint density at radius 1 is 1.50 bits per heavy atom. The molecule has 1 rings (SSSR count). The van der Waals surface area contributed by atoms with Crippen LogP contribution in [0.15, 0.2) is 6.33 Å². The summed E-state index contributed by atoms with van der Waals surface area (Å²) < 4.78 is 6.19. The number of nitrogens with two attached hydrogens (primary N) is 1. The van der Waals surface area contributed by atoms with E-state index in [2.05, 4.69) is 15.4 Å². The first-order valence-electron chi connectivity index (χ1n) is 5.53. The van der Waals surface area contributed by atoms with E-state index in [1.54, 1.807) is 0 Å². The van der Waals surface area contributed by atoms with Gasteiger partial charge in [-0.15, -0.1) is 5.10 Å². The van der Waals surface area contributed by atoms with E-state index in [4.69, 9.17) is 10.5 Å². The lowest BCUT2D eigenvalue weighted by Gasteiger charge is -2.15. The van der Waals surface area contributed by atoms with E-state index >= 15 is 0 Å². The third-order valence-corrected chi connectivity index (χ3v) is 1.95. The van der Waals surface area contributed by atoms with Gasteiger partial charge in [-0.3, -0.25) is 9.59 Å². The van der Waals surface area contributed by atoms with E-state index in [9.17, 15) is 9.59 Å². The second kappa shape index (κ2) is 5.99. The number of hydrogen-bond donors (Lipinski definition) is 2. The highest BCUT2D eigenvalue weighted by Crippen LogP contribution is 1.96. The monoisotopic (exact) mass is 255 g/mol. The van der Waals surface area contributed by atoms with Gasteiger partial charge in [-0.25, -0.2) is 9.67 Å².